The molecular weight excluding hydrogens is 332 g/mol. The van der Waals surface area contributed by atoms with Gasteiger partial charge in [0, 0.05) is 6.42 Å². The normalized spacial score (nSPS) is 12.6. The highest BCUT2D eigenvalue weighted by Crippen LogP contribution is 2.04. The Bertz CT molecular complexity index is 467. The summed E-state index contributed by atoms with van der Waals surface area (Å²) in [6.45, 7) is 2.24. The number of hydrogen-bond acceptors (Lipinski definition) is 1. The zero-order valence-electron chi connectivity index (χ0n) is 17.3. The summed E-state index contributed by atoms with van der Waals surface area (Å²) in [5.41, 5.74) is 0. The fourth-order valence-corrected chi connectivity index (χ4v) is 2.55. The van der Waals surface area contributed by atoms with E-state index in [0.29, 0.717) is 6.42 Å². The molecule has 0 aliphatic rings. The third-order valence-electron chi connectivity index (χ3n) is 4.16. The van der Waals surface area contributed by atoms with Crippen LogP contribution in [-0.2, 0) is 4.79 Å². The van der Waals surface area contributed by atoms with E-state index in [1.165, 1.54) is 25.7 Å². The van der Waals surface area contributed by atoms with E-state index in [2.05, 4.69) is 67.7 Å². The third kappa shape index (κ3) is 24.2. The third-order valence-corrected chi connectivity index (χ3v) is 4.16. The van der Waals surface area contributed by atoms with Gasteiger partial charge in [0.1, 0.15) is 0 Å². The highest BCUT2D eigenvalue weighted by Gasteiger charge is 1.94. The molecular formula is C25H40O2. The lowest BCUT2D eigenvalue weighted by Crippen LogP contribution is -1.93. The van der Waals surface area contributed by atoms with E-state index in [0.717, 1.165) is 51.4 Å². The summed E-state index contributed by atoms with van der Waals surface area (Å²) >= 11 is 0. The summed E-state index contributed by atoms with van der Waals surface area (Å²) in [5, 5.41) is 8.55. The fourth-order valence-electron chi connectivity index (χ4n) is 2.55. The number of carboxylic acid groups (broad SMARTS) is 1. The van der Waals surface area contributed by atoms with Gasteiger partial charge in [-0.1, -0.05) is 86.9 Å². The van der Waals surface area contributed by atoms with Crippen molar-refractivity contribution in [2.75, 3.05) is 0 Å². The first-order valence-electron chi connectivity index (χ1n) is 10.7. The van der Waals surface area contributed by atoms with Crippen molar-refractivity contribution >= 4 is 5.97 Å². The van der Waals surface area contributed by atoms with Crippen LogP contribution in [0.4, 0.5) is 0 Å². The van der Waals surface area contributed by atoms with E-state index in [1.807, 2.05) is 0 Å². The highest BCUT2D eigenvalue weighted by molar-refractivity contribution is 5.66. The van der Waals surface area contributed by atoms with Crippen LogP contribution in [0.3, 0.4) is 0 Å². The number of carboxylic acids is 1. The maximum absolute atomic E-state index is 10.4. The number of carbonyl (C=O) groups is 1. The molecule has 0 unspecified atom stereocenters. The summed E-state index contributed by atoms with van der Waals surface area (Å²) < 4.78 is 0. The fraction of sp³-hybridized carbons (Fsp3) is 0.560. The van der Waals surface area contributed by atoms with Crippen molar-refractivity contribution in [3.63, 3.8) is 0 Å². The predicted molar refractivity (Wildman–Crippen MR) is 119 cm³/mol. The highest BCUT2D eigenvalue weighted by atomic mass is 16.4. The molecule has 27 heavy (non-hydrogen) atoms. The second kappa shape index (κ2) is 22.2. The number of hydrogen-bond donors (Lipinski definition) is 1. The molecule has 1 N–H and O–H groups in total. The van der Waals surface area contributed by atoms with Crippen molar-refractivity contribution in [2.24, 2.45) is 0 Å². The molecule has 0 heterocycles. The van der Waals surface area contributed by atoms with Crippen LogP contribution in [0.5, 0.6) is 0 Å². The van der Waals surface area contributed by atoms with Gasteiger partial charge >= 0.3 is 5.97 Å². The summed E-state index contributed by atoms with van der Waals surface area (Å²) in [5.74, 6) is -0.689. The lowest BCUT2D eigenvalue weighted by atomic mass is 10.1. The van der Waals surface area contributed by atoms with Crippen LogP contribution >= 0.6 is 0 Å². The summed E-state index contributed by atoms with van der Waals surface area (Å²) in [6, 6.07) is 0. The van der Waals surface area contributed by atoms with Gasteiger partial charge in [0.2, 0.25) is 0 Å². The Hall–Kier alpha value is -1.83. The van der Waals surface area contributed by atoms with Gasteiger partial charge in [-0.15, -0.1) is 0 Å². The molecule has 0 spiro atoms. The van der Waals surface area contributed by atoms with Crippen LogP contribution in [0.15, 0.2) is 60.8 Å². The van der Waals surface area contributed by atoms with Gasteiger partial charge in [-0.25, -0.2) is 0 Å². The van der Waals surface area contributed by atoms with Crippen LogP contribution < -0.4 is 0 Å². The Labute approximate surface area is 167 Å². The standard InChI is InChI=1S/C25H40O2/c1-2-3-4-5-6-7-8-9-10-11-12-13-14-15-16-17-18-19-20-21-22-23-24-25(26)27/h6-7,9-10,12-13,15-16,18-19H,2-5,8,11,14,17,20-24H2,1H3,(H,26,27). The molecule has 0 aromatic rings. The molecule has 0 atom stereocenters. The first-order chi connectivity index (χ1) is 13.3. The van der Waals surface area contributed by atoms with Gasteiger partial charge in [-0.3, -0.25) is 4.79 Å². The quantitative estimate of drug-likeness (QED) is 0.196. The zero-order valence-corrected chi connectivity index (χ0v) is 17.3. The van der Waals surface area contributed by atoms with Crippen LogP contribution in [0.1, 0.15) is 90.4 Å². The largest absolute Gasteiger partial charge is 0.481 e. The Balaban J connectivity index is 3.43. The van der Waals surface area contributed by atoms with E-state index in [9.17, 15) is 4.79 Å². The Morgan fingerprint density at radius 3 is 1.41 bits per heavy atom. The van der Waals surface area contributed by atoms with Crippen molar-refractivity contribution in [3.05, 3.63) is 60.8 Å². The predicted octanol–water partition coefficient (Wildman–Crippen LogP) is 7.94. The lowest BCUT2D eigenvalue weighted by molar-refractivity contribution is -0.137. The first-order valence-corrected chi connectivity index (χ1v) is 10.7. The van der Waals surface area contributed by atoms with Gasteiger partial charge < -0.3 is 5.11 Å². The van der Waals surface area contributed by atoms with Crippen LogP contribution in [0.25, 0.3) is 0 Å². The Morgan fingerprint density at radius 2 is 1.00 bits per heavy atom. The molecule has 0 radical (unpaired) electrons. The van der Waals surface area contributed by atoms with Crippen molar-refractivity contribution in [1.29, 1.82) is 0 Å². The number of rotatable bonds is 18. The van der Waals surface area contributed by atoms with E-state index >= 15 is 0 Å². The van der Waals surface area contributed by atoms with Crippen LogP contribution in [0, 0.1) is 0 Å². The van der Waals surface area contributed by atoms with E-state index < -0.39 is 5.97 Å². The molecule has 0 aliphatic heterocycles. The van der Waals surface area contributed by atoms with Crippen LogP contribution in [0.2, 0.25) is 0 Å². The minimum atomic E-state index is -0.689. The minimum absolute atomic E-state index is 0.298. The molecule has 0 rings (SSSR count). The van der Waals surface area contributed by atoms with Gasteiger partial charge in [0.25, 0.3) is 0 Å². The SMILES string of the molecule is CCCCCC=CCC=CCC=CCC=CCC=CCCCCCC(=O)O. The average molecular weight is 373 g/mol. The zero-order chi connectivity index (χ0) is 19.8. The molecule has 0 saturated heterocycles. The van der Waals surface area contributed by atoms with Gasteiger partial charge in [-0.2, -0.15) is 0 Å². The number of unbranched alkanes of at least 4 members (excludes halogenated alkanes) is 6. The second-order valence-corrected chi connectivity index (χ2v) is 6.79. The van der Waals surface area contributed by atoms with Crippen molar-refractivity contribution in [1.82, 2.24) is 0 Å². The molecule has 152 valence electrons. The minimum Gasteiger partial charge on any atom is -0.481 e. The lowest BCUT2D eigenvalue weighted by Gasteiger charge is -1.94. The Kier molecular flexibility index (Phi) is 20.7. The molecule has 0 fully saturated rings. The van der Waals surface area contributed by atoms with Crippen LogP contribution in [-0.4, -0.2) is 11.1 Å². The summed E-state index contributed by atoms with van der Waals surface area (Å²) in [6.07, 6.45) is 35.7. The van der Waals surface area contributed by atoms with Crippen molar-refractivity contribution in [3.8, 4) is 0 Å². The molecule has 0 amide bonds. The van der Waals surface area contributed by atoms with Crippen molar-refractivity contribution < 1.29 is 9.90 Å². The summed E-state index contributed by atoms with van der Waals surface area (Å²) in [7, 11) is 0. The number of allylic oxidation sites excluding steroid dienone is 10. The smallest absolute Gasteiger partial charge is 0.303 e. The maximum Gasteiger partial charge on any atom is 0.303 e. The first kappa shape index (κ1) is 25.2. The van der Waals surface area contributed by atoms with Gasteiger partial charge in [-0.05, 0) is 57.8 Å². The maximum atomic E-state index is 10.4. The van der Waals surface area contributed by atoms with E-state index in [-0.39, 0.29) is 0 Å². The molecule has 0 aromatic carbocycles. The van der Waals surface area contributed by atoms with E-state index in [4.69, 9.17) is 5.11 Å². The molecule has 2 heteroatoms. The Morgan fingerprint density at radius 1 is 0.593 bits per heavy atom. The summed E-state index contributed by atoms with van der Waals surface area (Å²) in [4.78, 5) is 10.4. The van der Waals surface area contributed by atoms with Crippen molar-refractivity contribution in [2.45, 2.75) is 90.4 Å². The van der Waals surface area contributed by atoms with E-state index in [1.54, 1.807) is 0 Å². The topological polar surface area (TPSA) is 37.3 Å². The molecule has 0 aromatic heterocycles. The monoisotopic (exact) mass is 372 g/mol. The molecule has 2 nitrogen and oxygen atoms in total. The second-order valence-electron chi connectivity index (χ2n) is 6.79. The number of aliphatic carboxylic acids is 1. The van der Waals surface area contributed by atoms with Gasteiger partial charge in [0.05, 0.1) is 0 Å². The molecule has 0 aliphatic carbocycles. The molecule has 0 bridgehead atoms. The van der Waals surface area contributed by atoms with Gasteiger partial charge in [0.15, 0.2) is 0 Å². The molecule has 0 saturated carbocycles. The average Bonchev–Trinajstić information content (AvgIpc) is 2.65.